The molecule has 2 heteroatoms. The van der Waals surface area contributed by atoms with Gasteiger partial charge in [-0.1, -0.05) is 26.8 Å². The number of methoxy groups -OCH3 is 1. The highest BCUT2D eigenvalue weighted by molar-refractivity contribution is 5.94. The van der Waals surface area contributed by atoms with Crippen molar-refractivity contribution in [3.8, 4) is 5.75 Å². The van der Waals surface area contributed by atoms with Gasteiger partial charge in [0.25, 0.3) is 0 Å². The quantitative estimate of drug-likeness (QED) is 0.629. The average Bonchev–Trinajstić information content (AvgIpc) is 2.84. The zero-order valence-corrected chi connectivity index (χ0v) is 14.6. The molecule has 0 aliphatic heterocycles. The van der Waals surface area contributed by atoms with E-state index in [0.717, 1.165) is 11.3 Å². The third-order valence-electron chi connectivity index (χ3n) is 6.02. The van der Waals surface area contributed by atoms with Crippen molar-refractivity contribution in [2.24, 2.45) is 11.3 Å². The summed E-state index contributed by atoms with van der Waals surface area (Å²) in [5.41, 5.74) is 4.25. The van der Waals surface area contributed by atoms with E-state index < -0.39 is 0 Å². The number of hydrogen-bond acceptors (Lipinski definition) is 2. The zero-order valence-electron chi connectivity index (χ0n) is 14.6. The maximum atomic E-state index is 6.30. The van der Waals surface area contributed by atoms with Crippen molar-refractivity contribution in [3.63, 3.8) is 0 Å². The van der Waals surface area contributed by atoms with Gasteiger partial charge >= 0.3 is 0 Å². The molecule has 0 bridgehead atoms. The van der Waals surface area contributed by atoms with E-state index in [2.05, 4.69) is 39.0 Å². The largest absolute Gasteiger partial charge is 0.497 e. The van der Waals surface area contributed by atoms with Crippen LogP contribution in [0.1, 0.15) is 63.7 Å². The van der Waals surface area contributed by atoms with Crippen LogP contribution in [0.3, 0.4) is 0 Å². The van der Waals surface area contributed by atoms with Crippen LogP contribution in [0.4, 0.5) is 0 Å². The Bertz CT molecular complexity index is 778. The van der Waals surface area contributed by atoms with Crippen LogP contribution in [0.25, 0.3) is 16.5 Å². The number of ether oxygens (including phenoxy) is 1. The summed E-state index contributed by atoms with van der Waals surface area (Å²) >= 11 is 0. The number of hydrogen-bond donors (Lipinski definition) is 0. The first-order valence-corrected chi connectivity index (χ1v) is 8.82. The van der Waals surface area contributed by atoms with Crippen LogP contribution in [0.5, 0.6) is 5.75 Å². The van der Waals surface area contributed by atoms with Gasteiger partial charge in [-0.15, -0.1) is 0 Å². The van der Waals surface area contributed by atoms with Crippen LogP contribution >= 0.6 is 0 Å². The second-order valence-electron chi connectivity index (χ2n) is 7.92. The molecule has 1 unspecified atom stereocenters. The molecule has 0 radical (unpaired) electrons. The number of rotatable bonds is 1. The Morgan fingerprint density at radius 2 is 2.04 bits per heavy atom. The molecular weight excluding hydrogens is 284 g/mol. The molecule has 23 heavy (non-hydrogen) atoms. The number of fused-ring (bicyclic) bond motifs is 5. The van der Waals surface area contributed by atoms with Gasteiger partial charge < -0.3 is 9.15 Å². The molecule has 2 aliphatic carbocycles. The minimum atomic E-state index is 0.369. The summed E-state index contributed by atoms with van der Waals surface area (Å²) in [6, 6.07) is 6.20. The van der Waals surface area contributed by atoms with Gasteiger partial charge in [0, 0.05) is 16.9 Å². The molecule has 0 N–H and O–H groups in total. The van der Waals surface area contributed by atoms with Crippen LogP contribution < -0.4 is 4.74 Å². The fourth-order valence-electron chi connectivity index (χ4n) is 4.57. The molecule has 0 spiro atoms. The summed E-state index contributed by atoms with van der Waals surface area (Å²) < 4.78 is 11.8. The lowest BCUT2D eigenvalue weighted by Crippen LogP contribution is -2.27. The van der Waals surface area contributed by atoms with Crippen LogP contribution in [0, 0.1) is 11.3 Å². The maximum absolute atomic E-state index is 6.30. The van der Waals surface area contributed by atoms with Crippen molar-refractivity contribution in [3.05, 3.63) is 35.6 Å². The summed E-state index contributed by atoms with van der Waals surface area (Å²) in [5.74, 6) is 3.20. The summed E-state index contributed by atoms with van der Waals surface area (Å²) in [7, 11) is 1.73. The molecular formula is C21H26O2. The Morgan fingerprint density at radius 3 is 2.83 bits per heavy atom. The first-order valence-electron chi connectivity index (χ1n) is 8.82. The van der Waals surface area contributed by atoms with E-state index in [1.165, 1.54) is 48.0 Å². The highest BCUT2D eigenvalue weighted by Crippen LogP contribution is 2.53. The summed E-state index contributed by atoms with van der Waals surface area (Å²) in [4.78, 5) is 0. The molecule has 4 rings (SSSR count). The number of allylic oxidation sites excluding steroid dienone is 2. The van der Waals surface area contributed by atoms with E-state index in [9.17, 15) is 0 Å². The Kier molecular flexibility index (Phi) is 3.33. The summed E-state index contributed by atoms with van der Waals surface area (Å²) in [5, 5.41) is 1.22. The van der Waals surface area contributed by atoms with Crippen molar-refractivity contribution in [1.82, 2.24) is 0 Å². The molecule has 1 aromatic carbocycles. The normalized spacial score (nSPS) is 26.2. The maximum Gasteiger partial charge on any atom is 0.135 e. The van der Waals surface area contributed by atoms with Crippen LogP contribution in [0.2, 0.25) is 0 Å². The van der Waals surface area contributed by atoms with E-state index in [4.69, 9.17) is 9.15 Å². The molecule has 0 amide bonds. The molecule has 0 saturated carbocycles. The van der Waals surface area contributed by atoms with Crippen molar-refractivity contribution in [2.75, 3.05) is 7.11 Å². The first kappa shape index (κ1) is 14.9. The molecule has 1 aromatic heterocycles. The summed E-state index contributed by atoms with van der Waals surface area (Å²) in [6.07, 6.45) is 7.39. The lowest BCUT2D eigenvalue weighted by atomic mass is 9.66. The van der Waals surface area contributed by atoms with Crippen LogP contribution in [-0.4, -0.2) is 7.11 Å². The average molecular weight is 310 g/mol. The van der Waals surface area contributed by atoms with Gasteiger partial charge in [-0.3, -0.25) is 0 Å². The second kappa shape index (κ2) is 5.15. The lowest BCUT2D eigenvalue weighted by molar-refractivity contribution is 0.223. The van der Waals surface area contributed by atoms with Crippen molar-refractivity contribution < 1.29 is 9.15 Å². The lowest BCUT2D eigenvalue weighted by Gasteiger charge is -2.39. The van der Waals surface area contributed by atoms with E-state index in [0.29, 0.717) is 17.3 Å². The predicted molar refractivity (Wildman–Crippen MR) is 94.9 cm³/mol. The van der Waals surface area contributed by atoms with Gasteiger partial charge in [-0.25, -0.2) is 0 Å². The SMILES string of the molecule is COc1ccc2oc3c(c2c1)C1=CCCC(C)(C)C1CC[C@H]3C. The van der Waals surface area contributed by atoms with Gasteiger partial charge in [-0.2, -0.15) is 0 Å². The van der Waals surface area contributed by atoms with E-state index in [1.54, 1.807) is 7.11 Å². The van der Waals surface area contributed by atoms with E-state index >= 15 is 0 Å². The van der Waals surface area contributed by atoms with E-state index in [-0.39, 0.29) is 0 Å². The second-order valence-corrected chi connectivity index (χ2v) is 7.92. The Hall–Kier alpha value is -1.70. The number of furan rings is 1. The molecule has 2 nitrogen and oxygen atoms in total. The molecule has 2 atom stereocenters. The first-order chi connectivity index (χ1) is 11.0. The third kappa shape index (κ3) is 2.22. The fourth-order valence-corrected chi connectivity index (χ4v) is 4.57. The van der Waals surface area contributed by atoms with E-state index in [1.807, 2.05) is 6.07 Å². The molecule has 0 saturated heterocycles. The van der Waals surface area contributed by atoms with Gasteiger partial charge in [-0.05, 0) is 60.8 Å². The highest BCUT2D eigenvalue weighted by Gasteiger charge is 2.39. The monoisotopic (exact) mass is 310 g/mol. The molecule has 2 aliphatic rings. The fraction of sp³-hybridized carbons (Fsp3) is 0.524. The third-order valence-corrected chi connectivity index (χ3v) is 6.02. The number of benzene rings is 1. The standard InChI is InChI=1S/C21H26O2/c1-13-7-9-17-15(6-5-11-21(17,2)3)19-16-12-14(22-4)8-10-18(16)23-20(13)19/h6,8,10,12-13,17H,5,7,9,11H2,1-4H3/t13-,17?/m1/s1. The Balaban J connectivity index is 1.99. The summed E-state index contributed by atoms with van der Waals surface area (Å²) in [6.45, 7) is 7.18. The Morgan fingerprint density at radius 1 is 1.22 bits per heavy atom. The molecule has 1 heterocycles. The van der Waals surface area contributed by atoms with Crippen molar-refractivity contribution in [1.29, 1.82) is 0 Å². The molecule has 0 fully saturated rings. The zero-order chi connectivity index (χ0) is 16.2. The Labute approximate surface area is 138 Å². The minimum Gasteiger partial charge on any atom is -0.497 e. The molecule has 2 aromatic rings. The molecule has 122 valence electrons. The highest BCUT2D eigenvalue weighted by atomic mass is 16.5. The van der Waals surface area contributed by atoms with Gasteiger partial charge in [0.2, 0.25) is 0 Å². The van der Waals surface area contributed by atoms with Crippen molar-refractivity contribution >= 4 is 16.5 Å². The van der Waals surface area contributed by atoms with Gasteiger partial charge in [0.15, 0.2) is 0 Å². The van der Waals surface area contributed by atoms with Gasteiger partial charge in [0.05, 0.1) is 7.11 Å². The van der Waals surface area contributed by atoms with Gasteiger partial charge in [0.1, 0.15) is 17.1 Å². The minimum absolute atomic E-state index is 0.369. The smallest absolute Gasteiger partial charge is 0.135 e. The topological polar surface area (TPSA) is 22.4 Å². The predicted octanol–water partition coefficient (Wildman–Crippen LogP) is 6.16. The van der Waals surface area contributed by atoms with Crippen LogP contribution in [-0.2, 0) is 0 Å². The van der Waals surface area contributed by atoms with Crippen molar-refractivity contribution in [2.45, 2.75) is 52.4 Å². The van der Waals surface area contributed by atoms with Crippen LogP contribution in [0.15, 0.2) is 28.7 Å².